The number of nitrogens with zero attached hydrogens (tertiary/aromatic N) is 1. The maximum atomic E-state index is 5.17. The molecule has 1 aromatic heterocycles. The molecule has 96 valence electrons. The monoisotopic (exact) mass is 254 g/mol. The van der Waals surface area contributed by atoms with Crippen LogP contribution in [-0.2, 0) is 6.54 Å². The SMILES string of the molecule is COc1csc(CNCCN2CCCCC2)c1. The van der Waals surface area contributed by atoms with Gasteiger partial charge in [-0.25, -0.2) is 0 Å². The van der Waals surface area contributed by atoms with Crippen molar-refractivity contribution in [2.24, 2.45) is 0 Å². The molecule has 0 aromatic carbocycles. The van der Waals surface area contributed by atoms with Crippen molar-refractivity contribution in [1.29, 1.82) is 0 Å². The zero-order valence-corrected chi connectivity index (χ0v) is 11.4. The minimum absolute atomic E-state index is 0.960. The lowest BCUT2D eigenvalue weighted by atomic mass is 10.1. The molecule has 0 spiro atoms. The molecule has 1 aliphatic heterocycles. The van der Waals surface area contributed by atoms with Crippen LogP contribution in [-0.4, -0.2) is 38.2 Å². The number of piperidine rings is 1. The Labute approximate surface area is 108 Å². The van der Waals surface area contributed by atoms with Gasteiger partial charge in [-0.05, 0) is 32.0 Å². The van der Waals surface area contributed by atoms with Crippen LogP contribution in [0.5, 0.6) is 5.75 Å². The molecule has 17 heavy (non-hydrogen) atoms. The van der Waals surface area contributed by atoms with Gasteiger partial charge in [0.15, 0.2) is 0 Å². The minimum Gasteiger partial charge on any atom is -0.496 e. The molecule has 4 heteroatoms. The lowest BCUT2D eigenvalue weighted by Crippen LogP contribution is -2.35. The summed E-state index contributed by atoms with van der Waals surface area (Å²) >= 11 is 1.76. The third kappa shape index (κ3) is 4.30. The Hall–Kier alpha value is -0.580. The van der Waals surface area contributed by atoms with E-state index in [0.717, 1.165) is 18.8 Å². The minimum atomic E-state index is 0.960. The van der Waals surface area contributed by atoms with E-state index in [2.05, 4.69) is 21.7 Å². The molecular weight excluding hydrogens is 232 g/mol. The summed E-state index contributed by atoms with van der Waals surface area (Å²) in [6.45, 7) is 5.80. The second-order valence-electron chi connectivity index (χ2n) is 4.53. The van der Waals surface area contributed by atoms with Gasteiger partial charge in [-0.15, -0.1) is 11.3 Å². The molecule has 1 N–H and O–H groups in total. The Morgan fingerprint density at radius 2 is 2.18 bits per heavy atom. The molecule has 0 aliphatic carbocycles. The van der Waals surface area contributed by atoms with E-state index in [-0.39, 0.29) is 0 Å². The van der Waals surface area contributed by atoms with Gasteiger partial charge >= 0.3 is 0 Å². The van der Waals surface area contributed by atoms with Crippen LogP contribution in [0, 0.1) is 0 Å². The summed E-state index contributed by atoms with van der Waals surface area (Å²) in [6, 6.07) is 2.11. The van der Waals surface area contributed by atoms with Gasteiger partial charge in [0.2, 0.25) is 0 Å². The highest BCUT2D eigenvalue weighted by Crippen LogP contribution is 2.20. The highest BCUT2D eigenvalue weighted by atomic mass is 32.1. The molecule has 1 fully saturated rings. The van der Waals surface area contributed by atoms with Crippen LogP contribution in [0.4, 0.5) is 0 Å². The van der Waals surface area contributed by atoms with Gasteiger partial charge in [0.1, 0.15) is 5.75 Å². The molecule has 1 aliphatic rings. The number of hydrogen-bond acceptors (Lipinski definition) is 4. The first-order chi connectivity index (χ1) is 8.38. The number of likely N-dealkylation sites (tertiary alicyclic amines) is 1. The van der Waals surface area contributed by atoms with Gasteiger partial charge in [0, 0.05) is 29.9 Å². The normalized spacial score (nSPS) is 17.2. The summed E-state index contributed by atoms with van der Waals surface area (Å²) < 4.78 is 5.17. The van der Waals surface area contributed by atoms with Crippen LogP contribution >= 0.6 is 11.3 Å². The van der Waals surface area contributed by atoms with E-state index in [9.17, 15) is 0 Å². The Kier molecular flexibility index (Phi) is 5.29. The van der Waals surface area contributed by atoms with Crippen LogP contribution < -0.4 is 10.1 Å². The average molecular weight is 254 g/mol. The van der Waals surface area contributed by atoms with E-state index in [4.69, 9.17) is 4.74 Å². The molecule has 0 radical (unpaired) electrons. The summed E-state index contributed by atoms with van der Waals surface area (Å²) in [5.41, 5.74) is 0. The lowest BCUT2D eigenvalue weighted by Gasteiger charge is -2.26. The fourth-order valence-electron chi connectivity index (χ4n) is 2.19. The summed E-state index contributed by atoms with van der Waals surface area (Å²) in [6.07, 6.45) is 4.17. The lowest BCUT2D eigenvalue weighted by molar-refractivity contribution is 0.229. The van der Waals surface area contributed by atoms with Gasteiger partial charge in [0.05, 0.1) is 7.11 Å². The second kappa shape index (κ2) is 6.99. The van der Waals surface area contributed by atoms with E-state index in [1.54, 1.807) is 18.4 Å². The summed E-state index contributed by atoms with van der Waals surface area (Å²) in [5.74, 6) is 0.975. The molecule has 0 bridgehead atoms. The van der Waals surface area contributed by atoms with Crippen LogP contribution in [0.25, 0.3) is 0 Å². The van der Waals surface area contributed by atoms with E-state index in [0.29, 0.717) is 0 Å². The molecule has 2 heterocycles. The first kappa shape index (κ1) is 12.9. The first-order valence-electron chi connectivity index (χ1n) is 6.43. The summed E-state index contributed by atoms with van der Waals surface area (Å²) in [7, 11) is 1.72. The Morgan fingerprint density at radius 3 is 2.88 bits per heavy atom. The van der Waals surface area contributed by atoms with Crippen molar-refractivity contribution < 1.29 is 4.74 Å². The fourth-order valence-corrected chi connectivity index (χ4v) is 2.99. The van der Waals surface area contributed by atoms with Crippen LogP contribution in [0.15, 0.2) is 11.4 Å². The van der Waals surface area contributed by atoms with E-state index >= 15 is 0 Å². The topological polar surface area (TPSA) is 24.5 Å². The largest absolute Gasteiger partial charge is 0.496 e. The molecule has 0 unspecified atom stereocenters. The smallest absolute Gasteiger partial charge is 0.129 e. The van der Waals surface area contributed by atoms with Crippen molar-refractivity contribution in [3.05, 3.63) is 16.3 Å². The number of hydrogen-bond donors (Lipinski definition) is 1. The Morgan fingerprint density at radius 1 is 1.35 bits per heavy atom. The van der Waals surface area contributed by atoms with Crippen molar-refractivity contribution in [3.8, 4) is 5.75 Å². The quantitative estimate of drug-likeness (QED) is 0.789. The number of ether oxygens (including phenoxy) is 1. The third-order valence-corrected chi connectivity index (χ3v) is 4.13. The van der Waals surface area contributed by atoms with Gasteiger partial charge in [-0.1, -0.05) is 6.42 Å². The molecule has 1 aromatic rings. The molecule has 0 saturated carbocycles. The number of methoxy groups -OCH3 is 1. The van der Waals surface area contributed by atoms with Crippen molar-refractivity contribution in [2.45, 2.75) is 25.8 Å². The van der Waals surface area contributed by atoms with Gasteiger partial charge < -0.3 is 15.0 Å². The maximum Gasteiger partial charge on any atom is 0.129 e. The standard InChI is InChI=1S/C13H22N2OS/c1-16-12-9-13(17-11-12)10-14-5-8-15-6-3-2-4-7-15/h9,11,14H,2-8,10H2,1H3. The molecule has 1 saturated heterocycles. The fraction of sp³-hybridized carbons (Fsp3) is 0.692. The first-order valence-corrected chi connectivity index (χ1v) is 7.31. The van der Waals surface area contributed by atoms with Crippen LogP contribution in [0.2, 0.25) is 0 Å². The predicted molar refractivity (Wildman–Crippen MR) is 72.9 cm³/mol. The number of nitrogens with one attached hydrogen (secondary N) is 1. The average Bonchev–Trinajstić information content (AvgIpc) is 2.84. The second-order valence-corrected chi connectivity index (χ2v) is 5.53. The summed E-state index contributed by atoms with van der Waals surface area (Å²) in [5, 5.41) is 5.56. The maximum absolute atomic E-state index is 5.17. The van der Waals surface area contributed by atoms with Gasteiger partial charge in [0.25, 0.3) is 0 Å². The number of thiophene rings is 1. The van der Waals surface area contributed by atoms with Crippen LogP contribution in [0.3, 0.4) is 0 Å². The van der Waals surface area contributed by atoms with Gasteiger partial charge in [-0.2, -0.15) is 0 Å². The van der Waals surface area contributed by atoms with E-state index in [1.165, 1.54) is 43.8 Å². The zero-order valence-electron chi connectivity index (χ0n) is 10.6. The number of rotatable bonds is 6. The third-order valence-electron chi connectivity index (χ3n) is 3.22. The highest BCUT2D eigenvalue weighted by molar-refractivity contribution is 7.10. The van der Waals surface area contributed by atoms with Crippen LogP contribution in [0.1, 0.15) is 24.1 Å². The molecular formula is C13H22N2OS. The van der Waals surface area contributed by atoms with Crippen molar-refractivity contribution in [2.75, 3.05) is 33.3 Å². The molecule has 0 amide bonds. The van der Waals surface area contributed by atoms with Crippen molar-refractivity contribution >= 4 is 11.3 Å². The predicted octanol–water partition coefficient (Wildman–Crippen LogP) is 2.33. The zero-order chi connectivity index (χ0) is 11.9. The molecule has 0 atom stereocenters. The molecule has 2 rings (SSSR count). The van der Waals surface area contributed by atoms with Crippen molar-refractivity contribution in [1.82, 2.24) is 10.2 Å². The Balaban J connectivity index is 1.59. The van der Waals surface area contributed by atoms with E-state index in [1.807, 2.05) is 0 Å². The Bertz CT molecular complexity index is 321. The summed E-state index contributed by atoms with van der Waals surface area (Å²) in [4.78, 5) is 3.91. The van der Waals surface area contributed by atoms with Crippen molar-refractivity contribution in [3.63, 3.8) is 0 Å². The molecule has 3 nitrogen and oxygen atoms in total. The highest BCUT2D eigenvalue weighted by Gasteiger charge is 2.08. The van der Waals surface area contributed by atoms with E-state index < -0.39 is 0 Å². The van der Waals surface area contributed by atoms with Gasteiger partial charge in [-0.3, -0.25) is 0 Å².